The van der Waals surface area contributed by atoms with Crippen LogP contribution >= 0.6 is 0 Å². The molecular weight excluding hydrogens is 372 g/mol. The van der Waals surface area contributed by atoms with Gasteiger partial charge < -0.3 is 14.8 Å². The molecule has 0 heterocycles. The van der Waals surface area contributed by atoms with Crippen molar-refractivity contribution < 1.29 is 24.0 Å². The van der Waals surface area contributed by atoms with Crippen molar-refractivity contribution in [1.82, 2.24) is 0 Å². The number of amides is 1. The third-order valence-corrected chi connectivity index (χ3v) is 5.44. The van der Waals surface area contributed by atoms with Gasteiger partial charge in [0.25, 0.3) is 10.8 Å². The molecule has 2 rings (SSSR count). The minimum absolute atomic E-state index is 0.0709. The van der Waals surface area contributed by atoms with E-state index in [4.69, 9.17) is 14.3 Å². The SMILES string of the molecule is COc1ccc([N+](=O)OC)cc1NC(=O)C(OC(C)C)[C@H](C)CC1CCCCC1. The summed E-state index contributed by atoms with van der Waals surface area (Å²) in [4.78, 5) is 30.0. The number of anilines is 1. The molecule has 1 aromatic carbocycles. The van der Waals surface area contributed by atoms with Crippen LogP contribution in [-0.4, -0.2) is 37.3 Å². The standard InChI is InChI=1S/C22H34N2O5/c1-15(2)29-21(16(3)13-17-9-7-6-8-10-17)22(25)23-19-14-18(24(26)28-5)11-12-20(19)27-4/h11-12,14-17,21H,6-10,13H2,1-5H3/p+1/t16-,21?/m1/s1. The molecule has 0 aromatic heterocycles. The van der Waals surface area contributed by atoms with Crippen LogP contribution in [0.4, 0.5) is 11.4 Å². The van der Waals surface area contributed by atoms with Crippen molar-refractivity contribution in [3.05, 3.63) is 23.1 Å². The van der Waals surface area contributed by atoms with Gasteiger partial charge in [-0.05, 0) is 38.2 Å². The first-order valence-corrected chi connectivity index (χ1v) is 10.5. The number of rotatable bonds is 10. The second-order valence-electron chi connectivity index (χ2n) is 8.14. The fourth-order valence-electron chi connectivity index (χ4n) is 4.04. The molecule has 1 fully saturated rings. The molecule has 1 aliphatic rings. The summed E-state index contributed by atoms with van der Waals surface area (Å²) in [5.74, 6) is 0.977. The van der Waals surface area contributed by atoms with Crippen molar-refractivity contribution in [3.8, 4) is 5.75 Å². The molecule has 1 unspecified atom stereocenters. The van der Waals surface area contributed by atoms with E-state index in [0.29, 0.717) is 22.3 Å². The van der Waals surface area contributed by atoms with E-state index in [1.54, 1.807) is 12.1 Å². The van der Waals surface area contributed by atoms with Gasteiger partial charge in [0.1, 0.15) is 11.9 Å². The maximum atomic E-state index is 13.1. The van der Waals surface area contributed by atoms with Crippen LogP contribution in [0, 0.1) is 16.7 Å². The van der Waals surface area contributed by atoms with E-state index < -0.39 is 6.10 Å². The third kappa shape index (κ3) is 6.70. The Hall–Kier alpha value is -2.15. The first-order valence-electron chi connectivity index (χ1n) is 10.5. The van der Waals surface area contributed by atoms with Gasteiger partial charge >= 0.3 is 5.69 Å². The quantitative estimate of drug-likeness (QED) is 0.552. The van der Waals surface area contributed by atoms with Crippen LogP contribution in [0.25, 0.3) is 0 Å². The van der Waals surface area contributed by atoms with Crippen LogP contribution in [0.3, 0.4) is 0 Å². The number of methoxy groups -OCH3 is 1. The van der Waals surface area contributed by atoms with E-state index in [1.807, 2.05) is 13.8 Å². The number of nitrogens with zero attached hydrogens (tertiary/aromatic N) is 1. The summed E-state index contributed by atoms with van der Waals surface area (Å²) in [5, 5.41) is 2.89. The smallest absolute Gasteiger partial charge is 0.319 e. The highest BCUT2D eigenvalue weighted by atomic mass is 16.8. The molecule has 0 saturated heterocycles. The molecule has 0 bridgehead atoms. The lowest BCUT2D eigenvalue weighted by Gasteiger charge is -2.30. The summed E-state index contributed by atoms with van der Waals surface area (Å²) in [6, 6.07) is 4.73. The van der Waals surface area contributed by atoms with E-state index in [1.165, 1.54) is 52.4 Å². The van der Waals surface area contributed by atoms with Gasteiger partial charge in [-0.2, -0.15) is 0 Å². The van der Waals surface area contributed by atoms with E-state index in [2.05, 4.69) is 12.2 Å². The van der Waals surface area contributed by atoms with E-state index >= 15 is 0 Å². The molecule has 1 aromatic rings. The van der Waals surface area contributed by atoms with Gasteiger partial charge in [-0.1, -0.05) is 39.0 Å². The summed E-state index contributed by atoms with van der Waals surface area (Å²) in [5.41, 5.74) is 0.676. The normalized spacial score (nSPS) is 16.9. The number of carbonyl (C=O) groups excluding carboxylic acids is 1. The Labute approximate surface area is 173 Å². The maximum absolute atomic E-state index is 13.1. The first kappa shape index (κ1) is 23.1. The van der Waals surface area contributed by atoms with Crippen molar-refractivity contribution in [3.63, 3.8) is 0 Å². The lowest BCUT2D eigenvalue weighted by atomic mass is 9.81. The second kappa shape index (κ2) is 11.1. The molecule has 0 aliphatic heterocycles. The highest BCUT2D eigenvalue weighted by molar-refractivity contribution is 5.96. The van der Waals surface area contributed by atoms with Gasteiger partial charge in [0, 0.05) is 12.1 Å². The Kier molecular flexibility index (Phi) is 8.89. The number of hydrogen-bond acceptors (Lipinski definition) is 5. The van der Waals surface area contributed by atoms with E-state index in [0.717, 1.165) is 6.42 Å². The predicted octanol–water partition coefficient (Wildman–Crippen LogP) is 5.01. The maximum Gasteiger partial charge on any atom is 0.319 e. The average molecular weight is 408 g/mol. The Bertz CT molecular complexity index is 686. The fraction of sp³-hybridized carbons (Fsp3) is 0.682. The number of carbonyl (C=O) groups is 1. The molecule has 29 heavy (non-hydrogen) atoms. The highest BCUT2D eigenvalue weighted by Gasteiger charge is 2.30. The number of nitrogens with one attached hydrogen (secondary N) is 1. The van der Waals surface area contributed by atoms with Crippen molar-refractivity contribution in [1.29, 1.82) is 0 Å². The molecule has 7 heteroatoms. The zero-order valence-corrected chi connectivity index (χ0v) is 18.3. The summed E-state index contributed by atoms with van der Waals surface area (Å²) < 4.78 is 11.4. The zero-order chi connectivity index (χ0) is 21.4. The van der Waals surface area contributed by atoms with Crippen LogP contribution < -0.4 is 10.1 Å². The lowest BCUT2D eigenvalue weighted by Crippen LogP contribution is -2.38. The van der Waals surface area contributed by atoms with Crippen molar-refractivity contribution in [2.45, 2.75) is 71.5 Å². The molecule has 162 valence electrons. The zero-order valence-electron chi connectivity index (χ0n) is 18.3. The molecule has 1 amide bonds. The third-order valence-electron chi connectivity index (χ3n) is 5.44. The predicted molar refractivity (Wildman–Crippen MR) is 112 cm³/mol. The Morgan fingerprint density at radius 3 is 2.45 bits per heavy atom. The minimum atomic E-state index is -0.573. The largest absolute Gasteiger partial charge is 0.495 e. The monoisotopic (exact) mass is 407 g/mol. The first-order chi connectivity index (χ1) is 13.8. The van der Waals surface area contributed by atoms with Crippen molar-refractivity contribution in [2.75, 3.05) is 19.5 Å². The topological polar surface area (TPSA) is 76.9 Å². The van der Waals surface area contributed by atoms with Gasteiger partial charge in [0.15, 0.2) is 7.11 Å². The Balaban J connectivity index is 2.17. The van der Waals surface area contributed by atoms with Gasteiger partial charge in [0.05, 0.1) is 23.8 Å². The molecular formula is C22H35N2O5+. The molecule has 1 saturated carbocycles. The second-order valence-corrected chi connectivity index (χ2v) is 8.14. The highest BCUT2D eigenvalue weighted by Crippen LogP contribution is 2.33. The van der Waals surface area contributed by atoms with Gasteiger partial charge in [-0.15, -0.1) is 0 Å². The molecule has 1 aliphatic carbocycles. The van der Waals surface area contributed by atoms with E-state index in [-0.39, 0.29) is 23.6 Å². The van der Waals surface area contributed by atoms with E-state index in [9.17, 15) is 9.70 Å². The van der Waals surface area contributed by atoms with Gasteiger partial charge in [0.2, 0.25) is 0 Å². The fourth-order valence-corrected chi connectivity index (χ4v) is 4.04. The average Bonchev–Trinajstić information content (AvgIpc) is 2.71. The number of benzene rings is 1. The number of ether oxygens (including phenoxy) is 2. The lowest BCUT2D eigenvalue weighted by molar-refractivity contribution is -0.736. The van der Waals surface area contributed by atoms with Crippen LogP contribution in [-0.2, 0) is 14.4 Å². The summed E-state index contributed by atoms with van der Waals surface area (Å²) in [6.07, 6.45) is 6.64. The Morgan fingerprint density at radius 1 is 1.17 bits per heavy atom. The van der Waals surface area contributed by atoms with Crippen molar-refractivity contribution in [2.24, 2.45) is 11.8 Å². The summed E-state index contributed by atoms with van der Waals surface area (Å²) >= 11 is 0. The molecule has 0 radical (unpaired) electrons. The van der Waals surface area contributed by atoms with Crippen LogP contribution in [0.2, 0.25) is 0 Å². The summed E-state index contributed by atoms with van der Waals surface area (Å²) in [6.45, 7) is 5.95. The minimum Gasteiger partial charge on any atom is -0.495 e. The molecule has 1 N–H and O–H groups in total. The molecule has 2 atom stereocenters. The van der Waals surface area contributed by atoms with Crippen LogP contribution in [0.5, 0.6) is 5.75 Å². The summed E-state index contributed by atoms with van der Waals surface area (Å²) in [7, 11) is 2.80. The van der Waals surface area contributed by atoms with Gasteiger partial charge in [-0.25, -0.2) is 4.84 Å². The Morgan fingerprint density at radius 2 is 1.86 bits per heavy atom. The van der Waals surface area contributed by atoms with Crippen LogP contribution in [0.1, 0.15) is 59.3 Å². The number of hydrogen-bond donors (Lipinski definition) is 1. The van der Waals surface area contributed by atoms with Crippen LogP contribution in [0.15, 0.2) is 18.2 Å². The van der Waals surface area contributed by atoms with Crippen molar-refractivity contribution >= 4 is 17.3 Å². The van der Waals surface area contributed by atoms with Gasteiger partial charge in [-0.3, -0.25) is 4.79 Å². The molecule has 7 nitrogen and oxygen atoms in total. The molecule has 0 spiro atoms.